The highest BCUT2D eigenvalue weighted by Crippen LogP contribution is 2.31. The molecule has 0 spiro atoms. The van der Waals surface area contributed by atoms with Crippen LogP contribution in [0.5, 0.6) is 0 Å². The third-order valence-corrected chi connectivity index (χ3v) is 5.66. The van der Waals surface area contributed by atoms with Crippen LogP contribution in [0, 0.1) is 5.41 Å². The molecule has 142 valence electrons. The standard InChI is InChI=1S/C20H25N5O2/c1-20(7-10-25(13-20)19-21-8-4-9-22-19)12-23-18(27)15-11-17(26)24-16-6-3-2-5-14(15)16/h4,8-9,11H,2-3,5-7,10,12-13H2,1H3,(H,23,27)(H,24,26). The third-order valence-electron chi connectivity index (χ3n) is 5.66. The minimum atomic E-state index is -0.194. The predicted octanol–water partition coefficient (Wildman–Crippen LogP) is 1.69. The molecular weight excluding hydrogens is 342 g/mol. The van der Waals surface area contributed by atoms with E-state index >= 15 is 0 Å². The average molecular weight is 367 g/mol. The molecule has 2 N–H and O–H groups in total. The van der Waals surface area contributed by atoms with Crippen molar-refractivity contribution in [2.75, 3.05) is 24.5 Å². The molecule has 0 radical (unpaired) electrons. The first-order valence-corrected chi connectivity index (χ1v) is 9.59. The molecule has 1 aliphatic heterocycles. The number of carbonyl (C=O) groups is 1. The number of carbonyl (C=O) groups excluding carboxylic acids is 1. The normalized spacial score (nSPS) is 21.7. The van der Waals surface area contributed by atoms with E-state index in [-0.39, 0.29) is 16.9 Å². The van der Waals surface area contributed by atoms with Crippen LogP contribution in [0.25, 0.3) is 0 Å². The molecule has 2 aromatic rings. The highest BCUT2D eigenvalue weighted by Gasteiger charge is 2.35. The SMILES string of the molecule is CC1(CNC(=O)c2cc(=O)[nH]c3c2CCCC3)CCN(c2ncccn2)C1. The number of hydrogen-bond acceptors (Lipinski definition) is 5. The van der Waals surface area contributed by atoms with E-state index in [1.54, 1.807) is 18.5 Å². The molecule has 1 aliphatic carbocycles. The van der Waals surface area contributed by atoms with Crippen molar-refractivity contribution in [2.24, 2.45) is 5.41 Å². The Balaban J connectivity index is 1.44. The number of aryl methyl sites for hydroxylation is 1. The second kappa shape index (κ2) is 7.13. The van der Waals surface area contributed by atoms with E-state index in [1.165, 1.54) is 6.07 Å². The van der Waals surface area contributed by atoms with Gasteiger partial charge < -0.3 is 15.2 Å². The fourth-order valence-electron chi connectivity index (χ4n) is 4.13. The van der Waals surface area contributed by atoms with E-state index in [1.807, 2.05) is 0 Å². The number of rotatable bonds is 4. The van der Waals surface area contributed by atoms with Gasteiger partial charge in [0.2, 0.25) is 11.5 Å². The van der Waals surface area contributed by atoms with Crippen molar-refractivity contribution >= 4 is 11.9 Å². The van der Waals surface area contributed by atoms with Crippen LogP contribution in [0.1, 0.15) is 47.8 Å². The zero-order valence-electron chi connectivity index (χ0n) is 15.6. The Morgan fingerprint density at radius 2 is 2.07 bits per heavy atom. The summed E-state index contributed by atoms with van der Waals surface area (Å²) in [6.07, 6.45) is 8.26. The highest BCUT2D eigenvalue weighted by atomic mass is 16.2. The minimum Gasteiger partial charge on any atom is -0.351 e. The molecule has 0 saturated carbocycles. The quantitative estimate of drug-likeness (QED) is 0.858. The number of aromatic nitrogens is 3. The lowest BCUT2D eigenvalue weighted by atomic mass is 9.89. The van der Waals surface area contributed by atoms with Gasteiger partial charge in [-0.3, -0.25) is 9.59 Å². The van der Waals surface area contributed by atoms with Gasteiger partial charge in [0.05, 0.1) is 0 Å². The van der Waals surface area contributed by atoms with Crippen molar-refractivity contribution in [1.82, 2.24) is 20.3 Å². The number of aromatic amines is 1. The first-order valence-electron chi connectivity index (χ1n) is 9.59. The number of H-pyrrole nitrogens is 1. The number of hydrogen-bond donors (Lipinski definition) is 2. The predicted molar refractivity (Wildman–Crippen MR) is 103 cm³/mol. The maximum atomic E-state index is 12.8. The van der Waals surface area contributed by atoms with Crippen LogP contribution in [-0.4, -0.2) is 40.5 Å². The van der Waals surface area contributed by atoms with Gasteiger partial charge >= 0.3 is 0 Å². The Kier molecular flexibility index (Phi) is 4.68. The lowest BCUT2D eigenvalue weighted by Crippen LogP contribution is -2.39. The molecule has 1 fully saturated rings. The number of anilines is 1. The summed E-state index contributed by atoms with van der Waals surface area (Å²) in [6, 6.07) is 3.25. The van der Waals surface area contributed by atoms with Crippen LogP contribution in [0.2, 0.25) is 0 Å². The molecule has 1 unspecified atom stereocenters. The monoisotopic (exact) mass is 367 g/mol. The summed E-state index contributed by atoms with van der Waals surface area (Å²) < 4.78 is 0. The van der Waals surface area contributed by atoms with Crippen molar-refractivity contribution in [1.29, 1.82) is 0 Å². The summed E-state index contributed by atoms with van der Waals surface area (Å²) in [5.74, 6) is 0.589. The summed E-state index contributed by atoms with van der Waals surface area (Å²) in [4.78, 5) is 38.4. The first-order chi connectivity index (χ1) is 13.0. The zero-order chi connectivity index (χ0) is 18.9. The maximum Gasteiger partial charge on any atom is 0.251 e. The summed E-state index contributed by atoms with van der Waals surface area (Å²) >= 11 is 0. The smallest absolute Gasteiger partial charge is 0.251 e. The van der Waals surface area contributed by atoms with E-state index < -0.39 is 0 Å². The van der Waals surface area contributed by atoms with E-state index in [2.05, 4.69) is 32.1 Å². The molecular formula is C20H25N5O2. The molecule has 1 amide bonds. The molecule has 3 heterocycles. The van der Waals surface area contributed by atoms with Crippen LogP contribution in [-0.2, 0) is 12.8 Å². The summed E-state index contributed by atoms with van der Waals surface area (Å²) in [6.45, 7) is 4.40. The molecule has 1 saturated heterocycles. The maximum absolute atomic E-state index is 12.8. The Labute approximate surface area is 158 Å². The van der Waals surface area contributed by atoms with Gasteiger partial charge in [0.15, 0.2) is 0 Å². The largest absolute Gasteiger partial charge is 0.351 e. The molecule has 0 aromatic carbocycles. The van der Waals surface area contributed by atoms with Crippen molar-refractivity contribution in [3.8, 4) is 0 Å². The Hall–Kier alpha value is -2.70. The van der Waals surface area contributed by atoms with Gasteiger partial charge in [0.25, 0.3) is 5.91 Å². The van der Waals surface area contributed by atoms with Gasteiger partial charge in [0.1, 0.15) is 0 Å². The minimum absolute atomic E-state index is 0.0455. The average Bonchev–Trinajstić information content (AvgIpc) is 3.09. The molecule has 27 heavy (non-hydrogen) atoms. The van der Waals surface area contributed by atoms with E-state index in [4.69, 9.17) is 0 Å². The van der Waals surface area contributed by atoms with Gasteiger partial charge in [-0.1, -0.05) is 6.92 Å². The fourth-order valence-corrected chi connectivity index (χ4v) is 4.13. The molecule has 0 bridgehead atoms. The third kappa shape index (κ3) is 3.72. The van der Waals surface area contributed by atoms with E-state index in [9.17, 15) is 9.59 Å². The van der Waals surface area contributed by atoms with Crippen molar-refractivity contribution in [2.45, 2.75) is 39.0 Å². The van der Waals surface area contributed by atoms with E-state index in [0.717, 1.165) is 62.4 Å². The molecule has 2 aromatic heterocycles. The van der Waals surface area contributed by atoms with Crippen molar-refractivity contribution < 1.29 is 4.79 Å². The Morgan fingerprint density at radius 3 is 2.89 bits per heavy atom. The molecule has 2 aliphatic rings. The van der Waals surface area contributed by atoms with Crippen molar-refractivity contribution in [3.05, 3.63) is 51.7 Å². The number of nitrogens with one attached hydrogen (secondary N) is 2. The van der Waals surface area contributed by atoms with Gasteiger partial charge in [-0.25, -0.2) is 9.97 Å². The van der Waals surface area contributed by atoms with Crippen LogP contribution in [0.15, 0.2) is 29.3 Å². The topological polar surface area (TPSA) is 91.0 Å². The fraction of sp³-hybridized carbons (Fsp3) is 0.500. The van der Waals surface area contributed by atoms with Crippen molar-refractivity contribution in [3.63, 3.8) is 0 Å². The Bertz CT molecular complexity index is 895. The lowest BCUT2D eigenvalue weighted by molar-refractivity contribution is 0.0935. The van der Waals surface area contributed by atoms with Crippen LogP contribution in [0.3, 0.4) is 0 Å². The highest BCUT2D eigenvalue weighted by molar-refractivity contribution is 5.95. The van der Waals surface area contributed by atoms with Gasteiger partial charge in [-0.15, -0.1) is 0 Å². The van der Waals surface area contributed by atoms with Gasteiger partial charge in [-0.05, 0) is 43.7 Å². The summed E-state index contributed by atoms with van der Waals surface area (Å²) in [7, 11) is 0. The number of nitrogens with zero attached hydrogens (tertiary/aromatic N) is 3. The number of fused-ring (bicyclic) bond motifs is 1. The van der Waals surface area contributed by atoms with Crippen LogP contribution >= 0.6 is 0 Å². The number of pyridine rings is 1. The van der Waals surface area contributed by atoms with Gasteiger partial charge in [-0.2, -0.15) is 0 Å². The zero-order valence-corrected chi connectivity index (χ0v) is 15.6. The first kappa shape index (κ1) is 17.7. The molecule has 7 heteroatoms. The molecule has 1 atom stereocenters. The van der Waals surface area contributed by atoms with E-state index in [0.29, 0.717) is 12.1 Å². The summed E-state index contributed by atoms with van der Waals surface area (Å²) in [5, 5.41) is 3.07. The Morgan fingerprint density at radius 1 is 1.30 bits per heavy atom. The molecule has 4 rings (SSSR count). The number of amides is 1. The van der Waals surface area contributed by atoms with Gasteiger partial charge in [0, 0.05) is 54.8 Å². The van der Waals surface area contributed by atoms with Crippen LogP contribution in [0.4, 0.5) is 5.95 Å². The summed E-state index contributed by atoms with van der Waals surface area (Å²) in [5.41, 5.74) is 2.24. The molecule has 7 nitrogen and oxygen atoms in total. The van der Waals surface area contributed by atoms with Crippen LogP contribution < -0.4 is 15.8 Å². The lowest BCUT2D eigenvalue weighted by Gasteiger charge is -2.25. The second-order valence-electron chi connectivity index (χ2n) is 7.93. The second-order valence-corrected chi connectivity index (χ2v) is 7.93.